The molecule has 0 aliphatic heterocycles. The Hall–Kier alpha value is -3.48. The van der Waals surface area contributed by atoms with E-state index in [-0.39, 0.29) is 55.0 Å². The van der Waals surface area contributed by atoms with Crippen LogP contribution in [0.2, 0.25) is 0 Å². The predicted molar refractivity (Wildman–Crippen MR) is 187 cm³/mol. The molecule has 0 saturated heterocycles. The number of hydrogen-bond acceptors (Lipinski definition) is 4. The Bertz CT molecular complexity index is 1590. The van der Waals surface area contributed by atoms with E-state index in [4.69, 9.17) is 0 Å². The molecule has 2 amide bonds. The first-order chi connectivity index (χ1) is 22.3. The number of fused-ring (bicyclic) bond motifs is 6. The van der Waals surface area contributed by atoms with E-state index < -0.39 is 0 Å². The van der Waals surface area contributed by atoms with Gasteiger partial charge in [-0.25, -0.2) is 0 Å². The summed E-state index contributed by atoms with van der Waals surface area (Å²) in [6, 6.07) is 24.4. The maximum absolute atomic E-state index is 10.7. The first-order valence-electron chi connectivity index (χ1n) is 16.6. The summed E-state index contributed by atoms with van der Waals surface area (Å²) in [5.74, 6) is 0.216. The van der Waals surface area contributed by atoms with Crippen LogP contribution in [0.15, 0.2) is 72.8 Å². The van der Waals surface area contributed by atoms with Crippen molar-refractivity contribution in [2.24, 2.45) is 0 Å². The fourth-order valence-corrected chi connectivity index (χ4v) is 8.32. The Kier molecular flexibility index (Phi) is 12.1. The standard InChI is InChI=1S/2C20H22NO2.Y/c2*1-3-9-20(10-4-2)16-8-6-5-7-14(16)15-11-18(21-13-22)19(23)12-17(15)20;/h2*5-8,11-12,23H,3-4,9-10H2,1-2H3,(H,21,22);/q2*-1;. The van der Waals surface area contributed by atoms with E-state index in [2.05, 4.69) is 74.7 Å². The Balaban J connectivity index is 0.000000208. The fourth-order valence-electron chi connectivity index (χ4n) is 8.32. The molecule has 2 aliphatic rings. The Morgan fingerprint density at radius 3 is 1.19 bits per heavy atom. The van der Waals surface area contributed by atoms with Gasteiger partial charge in [0.25, 0.3) is 0 Å². The number of phenols is 2. The minimum absolute atomic E-state index is 0. The summed E-state index contributed by atoms with van der Waals surface area (Å²) in [6.07, 6.45) is 11.8. The number of hydrogen-bond donors (Lipinski definition) is 4. The molecule has 6 nitrogen and oxygen atoms in total. The summed E-state index contributed by atoms with van der Waals surface area (Å²) >= 11 is 0. The Morgan fingerprint density at radius 2 is 0.872 bits per heavy atom. The van der Waals surface area contributed by atoms with Crippen LogP contribution in [0.3, 0.4) is 0 Å². The van der Waals surface area contributed by atoms with Gasteiger partial charge in [-0.05, 0) is 82.3 Å². The molecule has 243 valence electrons. The Morgan fingerprint density at radius 1 is 0.532 bits per heavy atom. The van der Waals surface area contributed by atoms with E-state index in [1.54, 1.807) is 12.8 Å². The molecule has 7 heteroatoms. The largest absolute Gasteiger partial charge is 0.525 e. The van der Waals surface area contributed by atoms with Gasteiger partial charge in [-0.15, -0.1) is 12.1 Å². The molecule has 0 bridgehead atoms. The average molecular weight is 706 g/mol. The molecule has 0 unspecified atom stereocenters. The molecule has 2 aliphatic carbocycles. The molecule has 1 radical (unpaired) electrons. The topological polar surface area (TPSA) is 98.7 Å². The summed E-state index contributed by atoms with van der Waals surface area (Å²) in [5, 5.41) is 25.6. The number of carbonyl (C=O) groups excluding carboxylic acids is 2. The van der Waals surface area contributed by atoms with Gasteiger partial charge in [0.1, 0.15) is 0 Å². The zero-order valence-electron chi connectivity index (χ0n) is 27.9. The van der Waals surface area contributed by atoms with Gasteiger partial charge in [-0.1, -0.05) is 113 Å². The number of rotatable bonds is 12. The first-order valence-corrected chi connectivity index (χ1v) is 16.6. The van der Waals surface area contributed by atoms with Crippen LogP contribution in [-0.4, -0.2) is 23.0 Å². The second kappa shape index (κ2) is 15.6. The van der Waals surface area contributed by atoms with Crippen LogP contribution in [0.1, 0.15) is 101 Å². The smallest absolute Gasteiger partial charge is 0.0693 e. The second-order valence-electron chi connectivity index (χ2n) is 12.5. The summed E-state index contributed by atoms with van der Waals surface area (Å²) in [5.41, 5.74) is 10.4. The molecule has 4 N–H and O–H groups in total. The molecule has 4 aromatic rings. The van der Waals surface area contributed by atoms with Crippen LogP contribution in [0.4, 0.5) is 11.4 Å². The molecule has 0 heterocycles. The van der Waals surface area contributed by atoms with E-state index in [0.717, 1.165) is 62.5 Å². The predicted octanol–water partition coefficient (Wildman–Crippen LogP) is 9.47. The molecular formula is C40H44N2O4Y-2. The van der Waals surface area contributed by atoms with Crippen LogP contribution < -0.4 is 10.6 Å². The minimum Gasteiger partial charge on any atom is -0.525 e. The van der Waals surface area contributed by atoms with Gasteiger partial charge in [0.15, 0.2) is 0 Å². The SMILES string of the molecule is CCCC1(CCC)c2ccccc2-c2cc(N[C-]=O)c(O)cc21.CCCC1(CCC)c2ccccc2-c2cc(N[C-]=O)c(O)cc21.[Y]. The maximum Gasteiger partial charge on any atom is 0.0693 e. The number of aromatic hydroxyl groups is 2. The van der Waals surface area contributed by atoms with Gasteiger partial charge >= 0.3 is 0 Å². The monoisotopic (exact) mass is 705 g/mol. The van der Waals surface area contributed by atoms with Gasteiger partial charge in [-0.2, -0.15) is 0 Å². The van der Waals surface area contributed by atoms with E-state index >= 15 is 0 Å². The van der Waals surface area contributed by atoms with Crippen molar-refractivity contribution in [2.75, 3.05) is 10.6 Å². The van der Waals surface area contributed by atoms with Crippen LogP contribution in [-0.2, 0) is 53.1 Å². The number of phenolic OH excluding ortho intramolecular Hbond substituents is 2. The normalized spacial score (nSPS) is 13.9. The van der Waals surface area contributed by atoms with Gasteiger partial charge < -0.3 is 30.4 Å². The third-order valence-electron chi connectivity index (χ3n) is 9.85. The molecular weight excluding hydrogens is 661 g/mol. The summed E-state index contributed by atoms with van der Waals surface area (Å²) < 4.78 is 0. The van der Waals surface area contributed by atoms with Gasteiger partial charge in [0.2, 0.25) is 0 Å². The van der Waals surface area contributed by atoms with Crippen LogP contribution in [0, 0.1) is 0 Å². The van der Waals surface area contributed by atoms with Gasteiger partial charge in [0.05, 0.1) is 24.3 Å². The molecule has 0 saturated carbocycles. The average Bonchev–Trinajstić information content (AvgIpc) is 3.45. The summed E-state index contributed by atoms with van der Waals surface area (Å²) in [4.78, 5) is 21.3. The molecule has 0 aromatic heterocycles. The molecule has 0 fully saturated rings. The fraction of sp³-hybridized carbons (Fsp3) is 0.350. The zero-order valence-corrected chi connectivity index (χ0v) is 30.7. The van der Waals surface area contributed by atoms with E-state index in [1.807, 2.05) is 36.4 Å². The van der Waals surface area contributed by atoms with E-state index in [9.17, 15) is 19.8 Å². The van der Waals surface area contributed by atoms with Crippen molar-refractivity contribution in [3.8, 4) is 33.8 Å². The number of benzene rings is 4. The van der Waals surface area contributed by atoms with Gasteiger partial charge in [0, 0.05) is 43.5 Å². The van der Waals surface area contributed by atoms with Gasteiger partial charge in [-0.3, -0.25) is 0 Å². The van der Waals surface area contributed by atoms with E-state index in [1.165, 1.54) is 33.4 Å². The van der Waals surface area contributed by atoms with Crippen molar-refractivity contribution in [2.45, 2.75) is 89.9 Å². The minimum atomic E-state index is -0.0453. The molecule has 0 atom stereocenters. The number of amides is 2. The van der Waals surface area contributed by atoms with Crippen molar-refractivity contribution in [1.82, 2.24) is 0 Å². The third-order valence-corrected chi connectivity index (χ3v) is 9.85. The number of nitrogens with one attached hydrogen (secondary N) is 2. The molecule has 0 spiro atoms. The van der Waals surface area contributed by atoms with Crippen LogP contribution in [0.25, 0.3) is 22.3 Å². The second-order valence-corrected chi connectivity index (χ2v) is 12.5. The quantitative estimate of drug-likeness (QED) is 0.0671. The third kappa shape index (κ3) is 6.39. The maximum atomic E-state index is 10.7. The summed E-state index contributed by atoms with van der Waals surface area (Å²) in [6.45, 7) is 8.81. The number of anilines is 2. The summed E-state index contributed by atoms with van der Waals surface area (Å²) in [7, 11) is 0. The van der Waals surface area contributed by atoms with Crippen molar-refractivity contribution in [3.63, 3.8) is 0 Å². The van der Waals surface area contributed by atoms with Crippen LogP contribution in [0.5, 0.6) is 11.5 Å². The zero-order chi connectivity index (χ0) is 32.9. The molecule has 47 heavy (non-hydrogen) atoms. The van der Waals surface area contributed by atoms with Crippen molar-refractivity contribution >= 4 is 24.2 Å². The molecule has 4 aromatic carbocycles. The first kappa shape index (κ1) is 36.4. The van der Waals surface area contributed by atoms with Crippen molar-refractivity contribution < 1.29 is 52.5 Å². The molecule has 6 rings (SSSR count). The Labute approximate surface area is 304 Å². The van der Waals surface area contributed by atoms with Crippen molar-refractivity contribution in [3.05, 3.63) is 95.1 Å². The van der Waals surface area contributed by atoms with Crippen molar-refractivity contribution in [1.29, 1.82) is 0 Å². The van der Waals surface area contributed by atoms with Crippen LogP contribution >= 0.6 is 0 Å². The van der Waals surface area contributed by atoms with E-state index in [0.29, 0.717) is 11.4 Å².